The predicted molar refractivity (Wildman–Crippen MR) is 115 cm³/mol. The third-order valence-electron chi connectivity index (χ3n) is 5.88. The summed E-state index contributed by atoms with van der Waals surface area (Å²) in [7, 11) is 1.61. The minimum atomic E-state index is -0.449. The zero-order valence-corrected chi connectivity index (χ0v) is 18.4. The number of aromatic nitrogens is 2. The predicted octanol–water partition coefficient (Wildman–Crippen LogP) is 4.36. The number of hydrogen-bond donors (Lipinski definition) is 0. The molecule has 0 atom stereocenters. The number of fused-ring (bicyclic) bond motifs is 1. The lowest BCUT2D eigenvalue weighted by molar-refractivity contribution is 0.0545. The molecule has 3 aromatic rings. The molecule has 1 aromatic heterocycles. The topological polar surface area (TPSA) is 85.1 Å². The van der Waals surface area contributed by atoms with E-state index in [4.69, 9.17) is 28.1 Å². The van der Waals surface area contributed by atoms with Crippen LogP contribution in [0.25, 0.3) is 11.5 Å². The van der Waals surface area contributed by atoms with Gasteiger partial charge in [-0.2, -0.15) is 0 Å². The number of ether oxygens (including phenoxy) is 5. The average molecular weight is 438 g/mol. The maximum atomic E-state index is 6.26. The first-order chi connectivity index (χ1) is 15.6. The Bertz CT molecular complexity index is 1100. The summed E-state index contributed by atoms with van der Waals surface area (Å²) in [6.07, 6.45) is 1.51. The van der Waals surface area contributed by atoms with Gasteiger partial charge in [0.1, 0.15) is 0 Å². The van der Waals surface area contributed by atoms with E-state index in [0.29, 0.717) is 36.5 Å². The van der Waals surface area contributed by atoms with Crippen molar-refractivity contribution in [2.24, 2.45) is 0 Å². The van der Waals surface area contributed by atoms with Crippen molar-refractivity contribution in [2.45, 2.75) is 38.2 Å². The summed E-state index contributed by atoms with van der Waals surface area (Å²) in [4.78, 5) is 0. The molecule has 2 aliphatic rings. The summed E-state index contributed by atoms with van der Waals surface area (Å²) in [5, 5.41) is 8.83. The molecular weight excluding hydrogens is 412 g/mol. The molecule has 32 heavy (non-hydrogen) atoms. The van der Waals surface area contributed by atoms with Crippen LogP contribution in [-0.4, -0.2) is 43.4 Å². The van der Waals surface area contributed by atoms with Gasteiger partial charge in [0.15, 0.2) is 23.0 Å². The molecule has 0 radical (unpaired) electrons. The quantitative estimate of drug-likeness (QED) is 0.561. The Kier molecular flexibility index (Phi) is 5.38. The van der Waals surface area contributed by atoms with Gasteiger partial charge < -0.3 is 28.1 Å². The number of methoxy groups -OCH3 is 1. The van der Waals surface area contributed by atoms with Gasteiger partial charge in [0.25, 0.3) is 0 Å². The highest BCUT2D eigenvalue weighted by atomic mass is 16.7. The Morgan fingerprint density at radius 1 is 0.938 bits per heavy atom. The van der Waals surface area contributed by atoms with Crippen LogP contribution in [0.5, 0.6) is 23.0 Å². The van der Waals surface area contributed by atoms with Gasteiger partial charge in [-0.1, -0.05) is 6.07 Å². The van der Waals surface area contributed by atoms with Crippen molar-refractivity contribution >= 4 is 0 Å². The molecule has 0 N–H and O–H groups in total. The second-order valence-corrected chi connectivity index (χ2v) is 8.21. The van der Waals surface area contributed by atoms with Crippen molar-refractivity contribution < 1.29 is 28.1 Å². The van der Waals surface area contributed by atoms with Crippen LogP contribution >= 0.6 is 0 Å². The molecule has 0 unspecified atom stereocenters. The number of hydrogen-bond acceptors (Lipinski definition) is 8. The lowest BCUT2D eigenvalue weighted by atomic mass is 9.74. The SMILES string of the molecule is COc1cc(-c2nnc(C3(c4ccc5c(c4)OCO5)CCOCC3)o2)ccc1OC(C)C. The molecule has 5 rings (SSSR count). The highest BCUT2D eigenvalue weighted by Gasteiger charge is 2.42. The van der Waals surface area contributed by atoms with Crippen molar-refractivity contribution in [1.82, 2.24) is 10.2 Å². The largest absolute Gasteiger partial charge is 0.493 e. The molecule has 8 heteroatoms. The van der Waals surface area contributed by atoms with Gasteiger partial charge >= 0.3 is 0 Å². The smallest absolute Gasteiger partial charge is 0.247 e. The standard InChI is InChI=1S/C24H26N2O6/c1-15(2)31-19-6-4-16(12-20(19)27-3)22-25-26-23(32-22)24(8-10-28-11-9-24)17-5-7-18-21(13-17)30-14-29-18/h4-7,12-13,15H,8-11,14H2,1-3H3. The molecule has 2 aromatic carbocycles. The number of benzene rings is 2. The Labute approximate surface area is 186 Å². The van der Waals surface area contributed by atoms with Crippen LogP contribution in [0.1, 0.15) is 38.1 Å². The van der Waals surface area contributed by atoms with Crippen LogP contribution < -0.4 is 18.9 Å². The fraction of sp³-hybridized carbons (Fsp3) is 0.417. The molecule has 8 nitrogen and oxygen atoms in total. The maximum absolute atomic E-state index is 6.26. The zero-order valence-electron chi connectivity index (χ0n) is 18.4. The van der Waals surface area contributed by atoms with E-state index in [1.54, 1.807) is 7.11 Å². The summed E-state index contributed by atoms with van der Waals surface area (Å²) in [5.74, 6) is 3.77. The summed E-state index contributed by atoms with van der Waals surface area (Å²) < 4.78 is 34.3. The van der Waals surface area contributed by atoms with Crippen LogP contribution in [0.2, 0.25) is 0 Å². The van der Waals surface area contributed by atoms with E-state index >= 15 is 0 Å². The molecule has 0 spiro atoms. The molecule has 1 fully saturated rings. The normalized spacial score (nSPS) is 16.9. The Balaban J connectivity index is 1.51. The lowest BCUT2D eigenvalue weighted by Gasteiger charge is -2.34. The summed E-state index contributed by atoms with van der Waals surface area (Å²) >= 11 is 0. The van der Waals surface area contributed by atoms with Gasteiger partial charge in [0, 0.05) is 18.8 Å². The molecule has 3 heterocycles. The number of nitrogens with zero attached hydrogens (tertiary/aromatic N) is 2. The molecule has 0 aliphatic carbocycles. The van der Waals surface area contributed by atoms with Crippen LogP contribution in [0, 0.1) is 0 Å². The van der Waals surface area contributed by atoms with Crippen molar-refractivity contribution in [3.8, 4) is 34.5 Å². The van der Waals surface area contributed by atoms with E-state index in [0.717, 1.165) is 35.5 Å². The van der Waals surface area contributed by atoms with Gasteiger partial charge in [-0.3, -0.25) is 0 Å². The van der Waals surface area contributed by atoms with Gasteiger partial charge in [-0.15, -0.1) is 10.2 Å². The third kappa shape index (κ3) is 3.64. The minimum Gasteiger partial charge on any atom is -0.493 e. The summed E-state index contributed by atoms with van der Waals surface area (Å²) in [6.45, 7) is 5.41. The molecule has 1 saturated heterocycles. The van der Waals surface area contributed by atoms with E-state index in [9.17, 15) is 0 Å². The Morgan fingerprint density at radius 3 is 2.53 bits per heavy atom. The van der Waals surface area contributed by atoms with E-state index < -0.39 is 5.41 Å². The zero-order chi connectivity index (χ0) is 22.1. The first kappa shape index (κ1) is 20.6. The van der Waals surface area contributed by atoms with Gasteiger partial charge in [0.2, 0.25) is 18.6 Å². The summed E-state index contributed by atoms with van der Waals surface area (Å²) in [6, 6.07) is 11.6. The first-order valence-electron chi connectivity index (χ1n) is 10.8. The molecular formula is C24H26N2O6. The van der Waals surface area contributed by atoms with E-state index in [2.05, 4.69) is 10.2 Å². The lowest BCUT2D eigenvalue weighted by Crippen LogP contribution is -2.35. The fourth-order valence-corrected chi connectivity index (χ4v) is 4.23. The van der Waals surface area contributed by atoms with Gasteiger partial charge in [-0.05, 0) is 62.6 Å². The van der Waals surface area contributed by atoms with Crippen molar-refractivity contribution in [1.29, 1.82) is 0 Å². The fourth-order valence-electron chi connectivity index (χ4n) is 4.23. The molecule has 2 aliphatic heterocycles. The van der Waals surface area contributed by atoms with Crippen molar-refractivity contribution in [3.05, 3.63) is 47.9 Å². The average Bonchev–Trinajstić information content (AvgIpc) is 3.49. The monoisotopic (exact) mass is 438 g/mol. The third-order valence-corrected chi connectivity index (χ3v) is 5.88. The number of rotatable bonds is 6. The highest BCUT2D eigenvalue weighted by Crippen LogP contribution is 2.45. The van der Waals surface area contributed by atoms with Crippen molar-refractivity contribution in [2.75, 3.05) is 27.1 Å². The van der Waals surface area contributed by atoms with Gasteiger partial charge in [0.05, 0.1) is 18.6 Å². The minimum absolute atomic E-state index is 0.0415. The molecule has 0 bridgehead atoms. The Morgan fingerprint density at radius 2 is 1.75 bits per heavy atom. The van der Waals surface area contributed by atoms with Gasteiger partial charge in [-0.25, -0.2) is 0 Å². The van der Waals surface area contributed by atoms with Crippen LogP contribution in [0.4, 0.5) is 0 Å². The van der Waals surface area contributed by atoms with E-state index in [1.807, 2.05) is 50.2 Å². The van der Waals surface area contributed by atoms with Crippen LogP contribution in [0.15, 0.2) is 40.8 Å². The molecule has 0 amide bonds. The maximum Gasteiger partial charge on any atom is 0.247 e. The molecule has 0 saturated carbocycles. The Hall–Kier alpha value is -3.26. The second-order valence-electron chi connectivity index (χ2n) is 8.21. The highest BCUT2D eigenvalue weighted by molar-refractivity contribution is 5.60. The van der Waals surface area contributed by atoms with Crippen LogP contribution in [-0.2, 0) is 10.2 Å². The molecule has 168 valence electrons. The summed E-state index contributed by atoms with van der Waals surface area (Å²) in [5.41, 5.74) is 1.37. The first-order valence-corrected chi connectivity index (χ1v) is 10.8. The van der Waals surface area contributed by atoms with E-state index in [1.165, 1.54) is 0 Å². The second kappa shape index (κ2) is 8.35. The van der Waals surface area contributed by atoms with Crippen molar-refractivity contribution in [3.63, 3.8) is 0 Å². The van der Waals surface area contributed by atoms with E-state index in [-0.39, 0.29) is 12.9 Å². The van der Waals surface area contributed by atoms with Crippen LogP contribution in [0.3, 0.4) is 0 Å².